The second kappa shape index (κ2) is 9.52. The Labute approximate surface area is 182 Å². The molecule has 32 heavy (non-hydrogen) atoms. The molecule has 0 radical (unpaired) electrons. The van der Waals surface area contributed by atoms with E-state index in [1.54, 1.807) is 36.4 Å². The topological polar surface area (TPSA) is 93.4 Å². The standard InChI is InChI=1S/C23H20F3N3O3/c1-32-22(31)17-4-2-3-5-19(17)29-20-9-7-16(23(24,25)26)11-21(20)28-18-8-6-14(12-27)10-15(18)13-30/h2-11,13,28-29H,12,27H2,1H3. The normalized spacial score (nSPS) is 11.0. The molecule has 0 unspecified atom stereocenters. The van der Waals surface area contributed by atoms with E-state index in [9.17, 15) is 22.8 Å². The second-order valence-electron chi connectivity index (χ2n) is 6.79. The first-order chi connectivity index (χ1) is 15.3. The molecule has 0 saturated heterocycles. The van der Waals surface area contributed by atoms with Crippen molar-refractivity contribution in [3.8, 4) is 0 Å². The van der Waals surface area contributed by atoms with Crippen molar-refractivity contribution < 1.29 is 27.5 Å². The van der Waals surface area contributed by atoms with Crippen molar-refractivity contribution in [2.75, 3.05) is 17.7 Å². The highest BCUT2D eigenvalue weighted by atomic mass is 19.4. The number of alkyl halides is 3. The number of nitrogens with two attached hydrogens (primary N) is 1. The Morgan fingerprint density at radius 3 is 2.31 bits per heavy atom. The van der Waals surface area contributed by atoms with Crippen molar-refractivity contribution in [2.45, 2.75) is 12.7 Å². The number of nitrogens with one attached hydrogen (secondary N) is 2. The highest BCUT2D eigenvalue weighted by molar-refractivity contribution is 5.97. The van der Waals surface area contributed by atoms with E-state index in [0.717, 1.165) is 12.1 Å². The molecule has 4 N–H and O–H groups in total. The molecule has 166 valence electrons. The number of aldehydes is 1. The Morgan fingerprint density at radius 2 is 1.66 bits per heavy atom. The number of halogens is 3. The molecule has 0 aliphatic rings. The van der Waals surface area contributed by atoms with Gasteiger partial charge >= 0.3 is 12.1 Å². The molecule has 0 aromatic heterocycles. The van der Waals surface area contributed by atoms with Gasteiger partial charge in [0.15, 0.2) is 6.29 Å². The molecule has 0 saturated carbocycles. The van der Waals surface area contributed by atoms with E-state index in [2.05, 4.69) is 10.6 Å². The van der Waals surface area contributed by atoms with Crippen molar-refractivity contribution in [3.63, 3.8) is 0 Å². The van der Waals surface area contributed by atoms with E-state index in [0.29, 0.717) is 23.2 Å². The van der Waals surface area contributed by atoms with Crippen molar-refractivity contribution in [3.05, 3.63) is 82.9 Å². The zero-order chi connectivity index (χ0) is 23.3. The van der Waals surface area contributed by atoms with Crippen LogP contribution in [0.25, 0.3) is 0 Å². The van der Waals surface area contributed by atoms with Gasteiger partial charge in [0, 0.05) is 17.8 Å². The van der Waals surface area contributed by atoms with Crippen LogP contribution in [0.2, 0.25) is 0 Å². The van der Waals surface area contributed by atoms with Gasteiger partial charge in [-0.05, 0) is 48.0 Å². The van der Waals surface area contributed by atoms with Crippen LogP contribution in [0, 0.1) is 0 Å². The van der Waals surface area contributed by atoms with Gasteiger partial charge in [0.05, 0.1) is 35.3 Å². The number of esters is 1. The predicted molar refractivity (Wildman–Crippen MR) is 116 cm³/mol. The Hall–Kier alpha value is -3.85. The molecule has 0 atom stereocenters. The Bertz CT molecular complexity index is 1150. The van der Waals surface area contributed by atoms with Gasteiger partial charge in [-0.3, -0.25) is 4.79 Å². The minimum Gasteiger partial charge on any atom is -0.465 e. The van der Waals surface area contributed by atoms with Gasteiger partial charge < -0.3 is 21.1 Å². The van der Waals surface area contributed by atoms with E-state index in [1.807, 2.05) is 0 Å². The minimum atomic E-state index is -4.57. The van der Waals surface area contributed by atoms with E-state index in [-0.39, 0.29) is 29.0 Å². The maximum atomic E-state index is 13.3. The molecule has 0 fully saturated rings. The molecule has 9 heteroatoms. The molecule has 0 amide bonds. The summed E-state index contributed by atoms with van der Waals surface area (Å²) in [4.78, 5) is 23.6. The Kier molecular flexibility index (Phi) is 6.79. The maximum Gasteiger partial charge on any atom is 0.416 e. The lowest BCUT2D eigenvalue weighted by Gasteiger charge is -2.19. The van der Waals surface area contributed by atoms with Crippen LogP contribution in [0.1, 0.15) is 31.8 Å². The lowest BCUT2D eigenvalue weighted by Crippen LogP contribution is -2.09. The number of methoxy groups -OCH3 is 1. The SMILES string of the molecule is COC(=O)c1ccccc1Nc1ccc(C(F)(F)F)cc1Nc1ccc(CN)cc1C=O. The zero-order valence-electron chi connectivity index (χ0n) is 17.0. The lowest BCUT2D eigenvalue weighted by molar-refractivity contribution is -0.137. The van der Waals surface area contributed by atoms with Gasteiger partial charge in [0.25, 0.3) is 0 Å². The van der Waals surface area contributed by atoms with Crippen LogP contribution in [-0.2, 0) is 17.5 Å². The van der Waals surface area contributed by atoms with E-state index >= 15 is 0 Å². The van der Waals surface area contributed by atoms with Crippen LogP contribution in [0.3, 0.4) is 0 Å². The first-order valence-electron chi connectivity index (χ1n) is 9.47. The maximum absolute atomic E-state index is 13.3. The van der Waals surface area contributed by atoms with Crippen molar-refractivity contribution >= 4 is 35.0 Å². The lowest BCUT2D eigenvalue weighted by atomic mass is 10.1. The summed E-state index contributed by atoms with van der Waals surface area (Å²) in [5.74, 6) is -0.602. The van der Waals surface area contributed by atoms with Crippen LogP contribution in [0.15, 0.2) is 60.7 Å². The molecule has 6 nitrogen and oxygen atoms in total. The predicted octanol–water partition coefficient (Wildman–Crippen LogP) is 5.25. The Morgan fingerprint density at radius 1 is 0.969 bits per heavy atom. The van der Waals surface area contributed by atoms with Crippen LogP contribution in [0.5, 0.6) is 0 Å². The summed E-state index contributed by atoms with van der Waals surface area (Å²) in [5, 5.41) is 5.86. The minimum absolute atomic E-state index is 0.0584. The first kappa shape index (κ1) is 22.8. The third kappa shape index (κ3) is 5.06. The summed E-state index contributed by atoms with van der Waals surface area (Å²) in [5.41, 5.74) is 6.84. The molecule has 0 aliphatic carbocycles. The van der Waals surface area contributed by atoms with E-state index < -0.39 is 17.7 Å². The van der Waals surface area contributed by atoms with Gasteiger partial charge in [0.1, 0.15) is 0 Å². The molecule has 0 bridgehead atoms. The van der Waals surface area contributed by atoms with Gasteiger partial charge in [-0.15, -0.1) is 0 Å². The zero-order valence-corrected chi connectivity index (χ0v) is 17.0. The molecule has 3 rings (SSSR count). The fourth-order valence-corrected chi connectivity index (χ4v) is 3.05. The fourth-order valence-electron chi connectivity index (χ4n) is 3.05. The molecule has 3 aromatic rings. The number of para-hydroxylation sites is 1. The highest BCUT2D eigenvalue weighted by Crippen LogP contribution is 2.37. The smallest absolute Gasteiger partial charge is 0.416 e. The van der Waals surface area contributed by atoms with Crippen LogP contribution < -0.4 is 16.4 Å². The van der Waals surface area contributed by atoms with Crippen molar-refractivity contribution in [1.29, 1.82) is 0 Å². The number of carbonyl (C=O) groups is 2. The number of rotatable bonds is 7. The largest absolute Gasteiger partial charge is 0.465 e. The number of hydrogen-bond acceptors (Lipinski definition) is 6. The molecular weight excluding hydrogens is 423 g/mol. The Balaban J connectivity index is 2.07. The fraction of sp³-hybridized carbons (Fsp3) is 0.130. The third-order valence-corrected chi connectivity index (χ3v) is 4.70. The molecule has 0 aliphatic heterocycles. The van der Waals surface area contributed by atoms with Crippen LogP contribution >= 0.6 is 0 Å². The average Bonchev–Trinajstić information content (AvgIpc) is 2.79. The number of anilines is 4. The van der Waals surface area contributed by atoms with E-state index in [4.69, 9.17) is 10.5 Å². The number of carbonyl (C=O) groups excluding carboxylic acids is 2. The molecule has 0 spiro atoms. The monoisotopic (exact) mass is 443 g/mol. The second-order valence-corrected chi connectivity index (χ2v) is 6.79. The first-order valence-corrected chi connectivity index (χ1v) is 9.47. The van der Waals surface area contributed by atoms with Gasteiger partial charge in [-0.25, -0.2) is 4.79 Å². The summed E-state index contributed by atoms with van der Waals surface area (Å²) in [6.07, 6.45) is -3.98. The summed E-state index contributed by atoms with van der Waals surface area (Å²) >= 11 is 0. The number of ether oxygens (including phenoxy) is 1. The van der Waals surface area contributed by atoms with E-state index in [1.165, 1.54) is 19.2 Å². The van der Waals surface area contributed by atoms with Gasteiger partial charge in [-0.2, -0.15) is 13.2 Å². The van der Waals surface area contributed by atoms with Crippen molar-refractivity contribution in [2.24, 2.45) is 5.73 Å². The van der Waals surface area contributed by atoms with Crippen molar-refractivity contribution in [1.82, 2.24) is 0 Å². The number of benzene rings is 3. The quantitative estimate of drug-likeness (QED) is 0.341. The highest BCUT2D eigenvalue weighted by Gasteiger charge is 2.31. The number of hydrogen-bond donors (Lipinski definition) is 3. The average molecular weight is 443 g/mol. The summed E-state index contributed by atoms with van der Waals surface area (Å²) < 4.78 is 44.8. The van der Waals surface area contributed by atoms with Crippen LogP contribution in [-0.4, -0.2) is 19.4 Å². The van der Waals surface area contributed by atoms with Crippen LogP contribution in [0.4, 0.5) is 35.9 Å². The summed E-state index contributed by atoms with van der Waals surface area (Å²) in [6.45, 7) is 0.210. The molecule has 0 heterocycles. The van der Waals surface area contributed by atoms with Gasteiger partial charge in [-0.1, -0.05) is 18.2 Å². The third-order valence-electron chi connectivity index (χ3n) is 4.70. The molecular formula is C23H20F3N3O3. The van der Waals surface area contributed by atoms with Gasteiger partial charge in [0.2, 0.25) is 0 Å². The summed E-state index contributed by atoms with van der Waals surface area (Å²) in [6, 6.07) is 14.3. The molecule has 3 aromatic carbocycles. The summed E-state index contributed by atoms with van der Waals surface area (Å²) in [7, 11) is 1.23.